The zero-order valence-corrected chi connectivity index (χ0v) is 10.5. The summed E-state index contributed by atoms with van der Waals surface area (Å²) in [5.74, 6) is 0.592. The molecule has 1 aromatic rings. The molecule has 2 unspecified atom stereocenters. The number of hydrogen-bond donors (Lipinski definition) is 1. The highest BCUT2D eigenvalue weighted by Gasteiger charge is 2.42. The quantitative estimate of drug-likeness (QED) is 0.761. The number of aliphatic hydroxyl groups is 1. The largest absolute Gasteiger partial charge is 0.385 e. The minimum atomic E-state index is -0.623. The predicted octanol–water partition coefficient (Wildman–Crippen LogP) is 3.72. The van der Waals surface area contributed by atoms with Gasteiger partial charge in [-0.05, 0) is 36.2 Å². The molecule has 2 atom stereocenters. The van der Waals surface area contributed by atoms with Crippen LogP contribution in [-0.4, -0.2) is 5.11 Å². The number of benzene rings is 1. The molecule has 1 fully saturated rings. The van der Waals surface area contributed by atoms with E-state index >= 15 is 0 Å². The standard InChI is InChI=1S/C15H22O/c1-12-9-14(2,3)11-15(16,10-12)13-7-5-4-6-8-13/h4-8,12,16H,9-11H2,1-3H3. The van der Waals surface area contributed by atoms with Crippen LogP contribution in [0, 0.1) is 11.3 Å². The second kappa shape index (κ2) is 3.89. The van der Waals surface area contributed by atoms with E-state index < -0.39 is 5.60 Å². The van der Waals surface area contributed by atoms with E-state index in [0.717, 1.165) is 18.4 Å². The van der Waals surface area contributed by atoms with Crippen molar-refractivity contribution in [2.45, 2.75) is 45.6 Å². The fraction of sp³-hybridized carbons (Fsp3) is 0.600. The topological polar surface area (TPSA) is 20.2 Å². The summed E-state index contributed by atoms with van der Waals surface area (Å²) in [4.78, 5) is 0. The molecule has 1 heteroatoms. The van der Waals surface area contributed by atoms with E-state index in [9.17, 15) is 5.11 Å². The fourth-order valence-corrected chi connectivity index (χ4v) is 3.50. The second-order valence-electron chi connectivity index (χ2n) is 6.25. The van der Waals surface area contributed by atoms with Gasteiger partial charge >= 0.3 is 0 Å². The van der Waals surface area contributed by atoms with Crippen molar-refractivity contribution in [1.82, 2.24) is 0 Å². The van der Waals surface area contributed by atoms with Gasteiger partial charge in [-0.15, -0.1) is 0 Å². The molecule has 0 radical (unpaired) electrons. The molecule has 0 bridgehead atoms. The van der Waals surface area contributed by atoms with Gasteiger partial charge in [0.05, 0.1) is 5.60 Å². The van der Waals surface area contributed by atoms with Crippen LogP contribution in [0.25, 0.3) is 0 Å². The van der Waals surface area contributed by atoms with E-state index in [1.165, 1.54) is 6.42 Å². The van der Waals surface area contributed by atoms with Gasteiger partial charge in [0.25, 0.3) is 0 Å². The minimum Gasteiger partial charge on any atom is -0.385 e. The molecule has 0 heterocycles. The third kappa shape index (κ3) is 2.30. The lowest BCUT2D eigenvalue weighted by Crippen LogP contribution is -2.39. The lowest BCUT2D eigenvalue weighted by Gasteiger charge is -2.45. The van der Waals surface area contributed by atoms with Crippen molar-refractivity contribution >= 4 is 0 Å². The number of hydrogen-bond acceptors (Lipinski definition) is 1. The molecule has 16 heavy (non-hydrogen) atoms. The summed E-state index contributed by atoms with van der Waals surface area (Å²) < 4.78 is 0. The van der Waals surface area contributed by atoms with Crippen LogP contribution in [0.4, 0.5) is 0 Å². The van der Waals surface area contributed by atoms with Crippen LogP contribution >= 0.6 is 0 Å². The molecule has 1 aromatic carbocycles. The maximum Gasteiger partial charge on any atom is 0.0904 e. The van der Waals surface area contributed by atoms with Crippen molar-refractivity contribution < 1.29 is 5.11 Å². The highest BCUT2D eigenvalue weighted by molar-refractivity contribution is 5.23. The van der Waals surface area contributed by atoms with Crippen LogP contribution in [0.2, 0.25) is 0 Å². The minimum absolute atomic E-state index is 0.238. The average Bonchev–Trinajstić information content (AvgIpc) is 2.15. The van der Waals surface area contributed by atoms with Crippen molar-refractivity contribution in [2.75, 3.05) is 0 Å². The summed E-state index contributed by atoms with van der Waals surface area (Å²) in [6.45, 7) is 6.77. The van der Waals surface area contributed by atoms with Crippen LogP contribution in [-0.2, 0) is 5.60 Å². The van der Waals surface area contributed by atoms with Gasteiger partial charge in [0.2, 0.25) is 0 Å². The molecule has 1 saturated carbocycles. The lowest BCUT2D eigenvalue weighted by molar-refractivity contribution is -0.0635. The third-order valence-corrected chi connectivity index (χ3v) is 3.67. The van der Waals surface area contributed by atoms with Crippen molar-refractivity contribution in [2.24, 2.45) is 11.3 Å². The molecule has 0 aliphatic heterocycles. The normalized spacial score (nSPS) is 33.6. The monoisotopic (exact) mass is 218 g/mol. The Morgan fingerprint density at radius 1 is 1.12 bits per heavy atom. The molecular formula is C15H22O. The van der Waals surface area contributed by atoms with E-state index in [4.69, 9.17) is 0 Å². The van der Waals surface area contributed by atoms with Crippen LogP contribution in [0.5, 0.6) is 0 Å². The molecule has 0 aromatic heterocycles. The zero-order chi connectivity index (χ0) is 11.8. The van der Waals surface area contributed by atoms with Crippen molar-refractivity contribution in [3.8, 4) is 0 Å². The Kier molecular flexibility index (Phi) is 2.83. The van der Waals surface area contributed by atoms with Gasteiger partial charge in [0, 0.05) is 0 Å². The highest BCUT2D eigenvalue weighted by atomic mass is 16.3. The summed E-state index contributed by atoms with van der Waals surface area (Å²) in [6, 6.07) is 10.1. The van der Waals surface area contributed by atoms with Gasteiger partial charge in [-0.2, -0.15) is 0 Å². The molecule has 0 saturated heterocycles. The highest BCUT2D eigenvalue weighted by Crippen LogP contribution is 2.48. The van der Waals surface area contributed by atoms with Gasteiger partial charge < -0.3 is 5.11 Å². The predicted molar refractivity (Wildman–Crippen MR) is 67.1 cm³/mol. The van der Waals surface area contributed by atoms with Crippen LogP contribution < -0.4 is 0 Å². The SMILES string of the molecule is CC1CC(C)(C)CC(O)(c2ccccc2)C1. The maximum atomic E-state index is 10.8. The lowest BCUT2D eigenvalue weighted by atomic mass is 9.64. The molecule has 0 amide bonds. The summed E-state index contributed by atoms with van der Waals surface area (Å²) in [5, 5.41) is 10.8. The maximum absolute atomic E-state index is 10.8. The van der Waals surface area contributed by atoms with E-state index in [1.807, 2.05) is 30.3 Å². The number of rotatable bonds is 1. The zero-order valence-electron chi connectivity index (χ0n) is 10.5. The van der Waals surface area contributed by atoms with E-state index in [2.05, 4.69) is 20.8 Å². The van der Waals surface area contributed by atoms with Crippen LogP contribution in [0.3, 0.4) is 0 Å². The summed E-state index contributed by atoms with van der Waals surface area (Å²) >= 11 is 0. The van der Waals surface area contributed by atoms with E-state index in [0.29, 0.717) is 5.92 Å². The van der Waals surface area contributed by atoms with E-state index in [1.54, 1.807) is 0 Å². The van der Waals surface area contributed by atoms with Gasteiger partial charge in [0.15, 0.2) is 0 Å². The molecule has 88 valence electrons. The first-order chi connectivity index (χ1) is 7.41. The Labute approximate surface area is 98.5 Å². The molecule has 1 nitrogen and oxygen atoms in total. The first-order valence-corrected chi connectivity index (χ1v) is 6.19. The van der Waals surface area contributed by atoms with Crippen molar-refractivity contribution in [3.05, 3.63) is 35.9 Å². The van der Waals surface area contributed by atoms with Gasteiger partial charge in [-0.25, -0.2) is 0 Å². The Morgan fingerprint density at radius 3 is 2.31 bits per heavy atom. The summed E-state index contributed by atoms with van der Waals surface area (Å²) in [7, 11) is 0. The Bertz CT molecular complexity index is 355. The van der Waals surface area contributed by atoms with Crippen molar-refractivity contribution in [3.63, 3.8) is 0 Å². The van der Waals surface area contributed by atoms with Gasteiger partial charge in [0.1, 0.15) is 0 Å². The smallest absolute Gasteiger partial charge is 0.0904 e. The third-order valence-electron chi connectivity index (χ3n) is 3.67. The Balaban J connectivity index is 2.31. The second-order valence-corrected chi connectivity index (χ2v) is 6.25. The average molecular weight is 218 g/mol. The molecule has 0 spiro atoms. The van der Waals surface area contributed by atoms with Gasteiger partial charge in [-0.3, -0.25) is 0 Å². The van der Waals surface area contributed by atoms with Gasteiger partial charge in [-0.1, -0.05) is 51.1 Å². The van der Waals surface area contributed by atoms with Crippen molar-refractivity contribution in [1.29, 1.82) is 0 Å². The molecule has 1 aliphatic carbocycles. The van der Waals surface area contributed by atoms with Crippen LogP contribution in [0.1, 0.15) is 45.6 Å². The molecule has 2 rings (SSSR count). The summed E-state index contributed by atoms with van der Waals surface area (Å²) in [5.41, 5.74) is 0.694. The fourth-order valence-electron chi connectivity index (χ4n) is 3.50. The summed E-state index contributed by atoms with van der Waals surface area (Å²) in [6.07, 6.45) is 2.97. The Hall–Kier alpha value is -0.820. The molecular weight excluding hydrogens is 196 g/mol. The van der Waals surface area contributed by atoms with Crippen LogP contribution in [0.15, 0.2) is 30.3 Å². The first kappa shape index (κ1) is 11.7. The Morgan fingerprint density at radius 2 is 1.75 bits per heavy atom. The molecule has 1 aliphatic rings. The van der Waals surface area contributed by atoms with E-state index in [-0.39, 0.29) is 5.41 Å². The first-order valence-electron chi connectivity index (χ1n) is 6.19. The molecule has 1 N–H and O–H groups in total.